The number of nitrogens with one attached hydrogen (secondary N) is 1. The van der Waals surface area contributed by atoms with E-state index < -0.39 is 5.82 Å². The normalized spacial score (nSPS) is 15.0. The van der Waals surface area contributed by atoms with Gasteiger partial charge >= 0.3 is 0 Å². The Hall–Kier alpha value is -3.44. The summed E-state index contributed by atoms with van der Waals surface area (Å²) in [6.45, 7) is 0.916. The maximum atomic E-state index is 13.2. The lowest BCUT2D eigenvalue weighted by molar-refractivity contribution is -0.113. The van der Waals surface area contributed by atoms with Crippen LogP contribution in [0.2, 0.25) is 0 Å². The highest BCUT2D eigenvalue weighted by Gasteiger charge is 2.21. The zero-order chi connectivity index (χ0) is 23.2. The maximum absolute atomic E-state index is 13.2. The first kappa shape index (κ1) is 22.7. The Balaban J connectivity index is 1.31. The molecule has 1 unspecified atom stereocenters. The Bertz CT molecular complexity index is 1160. The second-order valence-electron chi connectivity index (χ2n) is 8.42. The van der Waals surface area contributed by atoms with Crippen LogP contribution in [0.3, 0.4) is 0 Å². The van der Waals surface area contributed by atoms with Crippen LogP contribution in [0.15, 0.2) is 66.7 Å². The number of halogens is 1. The van der Waals surface area contributed by atoms with Crippen molar-refractivity contribution < 1.29 is 13.9 Å². The van der Waals surface area contributed by atoms with Crippen molar-refractivity contribution in [1.29, 1.82) is 0 Å². The predicted molar refractivity (Wildman–Crippen MR) is 131 cm³/mol. The number of aryl methyl sites for hydroxylation is 1. The minimum Gasteiger partial charge on any atom is -0.497 e. The van der Waals surface area contributed by atoms with E-state index in [1.165, 1.54) is 28.8 Å². The molecule has 0 saturated carbocycles. The highest BCUT2D eigenvalue weighted by Crippen LogP contribution is 2.32. The van der Waals surface area contributed by atoms with Gasteiger partial charge in [0.2, 0.25) is 0 Å². The summed E-state index contributed by atoms with van der Waals surface area (Å²) >= 11 is 0. The van der Waals surface area contributed by atoms with Crippen LogP contribution >= 0.6 is 0 Å². The molecular weight excluding hydrogens is 415 g/mol. The Labute approximate surface area is 194 Å². The number of ketones is 1. The quantitative estimate of drug-likeness (QED) is 0.358. The SMILES string of the molecule is COc1ccc(CCNC2CCc3cc(/C=C/C(=O)Cc4ccc(F)cc4N)ccc32)cc1. The van der Waals surface area contributed by atoms with E-state index in [1.807, 2.05) is 18.2 Å². The van der Waals surface area contributed by atoms with Gasteiger partial charge < -0.3 is 15.8 Å². The van der Waals surface area contributed by atoms with Crippen LogP contribution in [-0.4, -0.2) is 19.4 Å². The summed E-state index contributed by atoms with van der Waals surface area (Å²) in [4.78, 5) is 12.3. The fraction of sp³-hybridized carbons (Fsp3) is 0.250. The molecule has 0 radical (unpaired) electrons. The van der Waals surface area contributed by atoms with Gasteiger partial charge in [0.25, 0.3) is 0 Å². The predicted octanol–water partition coefficient (Wildman–Crippen LogP) is 5.06. The van der Waals surface area contributed by atoms with Gasteiger partial charge in [0, 0.05) is 18.2 Å². The van der Waals surface area contributed by atoms with Crippen LogP contribution < -0.4 is 15.8 Å². The minimum atomic E-state index is -0.397. The molecule has 4 nitrogen and oxygen atoms in total. The lowest BCUT2D eigenvalue weighted by Gasteiger charge is -2.14. The average molecular weight is 445 g/mol. The molecule has 170 valence electrons. The number of carbonyl (C=O) groups excluding carboxylic acids is 1. The number of hydrogen-bond donors (Lipinski definition) is 2. The molecule has 0 saturated heterocycles. The smallest absolute Gasteiger partial charge is 0.160 e. The molecule has 0 fully saturated rings. The van der Waals surface area contributed by atoms with Crippen molar-refractivity contribution in [2.75, 3.05) is 19.4 Å². The molecule has 0 aliphatic heterocycles. The second-order valence-corrected chi connectivity index (χ2v) is 8.42. The fourth-order valence-corrected chi connectivity index (χ4v) is 4.30. The van der Waals surface area contributed by atoms with E-state index >= 15 is 0 Å². The molecule has 33 heavy (non-hydrogen) atoms. The molecule has 3 aromatic rings. The summed E-state index contributed by atoms with van der Waals surface area (Å²) in [5, 5.41) is 3.68. The fourth-order valence-electron chi connectivity index (χ4n) is 4.30. The van der Waals surface area contributed by atoms with Crippen molar-refractivity contribution >= 4 is 17.5 Å². The van der Waals surface area contributed by atoms with Crippen molar-refractivity contribution in [3.8, 4) is 5.75 Å². The van der Waals surface area contributed by atoms with Crippen molar-refractivity contribution in [2.24, 2.45) is 0 Å². The first-order valence-corrected chi connectivity index (χ1v) is 11.3. The third kappa shape index (κ3) is 5.88. The Morgan fingerprint density at radius 3 is 2.73 bits per heavy atom. The Morgan fingerprint density at radius 2 is 1.97 bits per heavy atom. The van der Waals surface area contributed by atoms with E-state index in [1.54, 1.807) is 19.3 Å². The van der Waals surface area contributed by atoms with Gasteiger partial charge in [0.1, 0.15) is 11.6 Å². The van der Waals surface area contributed by atoms with Crippen molar-refractivity contribution in [1.82, 2.24) is 5.32 Å². The number of allylic oxidation sites excluding steroid dienone is 1. The number of benzene rings is 3. The van der Waals surface area contributed by atoms with Crippen LogP contribution in [0.1, 0.15) is 40.3 Å². The molecule has 0 spiro atoms. The molecule has 0 bridgehead atoms. The van der Waals surface area contributed by atoms with Gasteiger partial charge in [-0.25, -0.2) is 4.39 Å². The number of methoxy groups -OCH3 is 1. The highest BCUT2D eigenvalue weighted by molar-refractivity contribution is 5.95. The molecule has 0 aromatic heterocycles. The first-order chi connectivity index (χ1) is 16.0. The zero-order valence-electron chi connectivity index (χ0n) is 18.8. The molecule has 4 rings (SSSR count). The lowest BCUT2D eigenvalue weighted by Crippen LogP contribution is -2.21. The van der Waals surface area contributed by atoms with Gasteiger partial charge in [-0.3, -0.25) is 4.79 Å². The van der Waals surface area contributed by atoms with Crippen molar-refractivity contribution in [3.05, 3.63) is 100 Å². The van der Waals surface area contributed by atoms with Gasteiger partial charge in [-0.15, -0.1) is 0 Å². The van der Waals surface area contributed by atoms with Gasteiger partial charge in [-0.1, -0.05) is 42.5 Å². The van der Waals surface area contributed by atoms with E-state index in [0.29, 0.717) is 17.3 Å². The van der Waals surface area contributed by atoms with E-state index in [2.05, 4.69) is 35.6 Å². The zero-order valence-corrected chi connectivity index (χ0v) is 18.8. The van der Waals surface area contributed by atoms with Crippen LogP contribution in [-0.2, 0) is 24.1 Å². The summed E-state index contributed by atoms with van der Waals surface area (Å²) in [5.74, 6) is 0.417. The van der Waals surface area contributed by atoms with E-state index in [0.717, 1.165) is 37.1 Å². The van der Waals surface area contributed by atoms with Crippen molar-refractivity contribution in [2.45, 2.75) is 31.7 Å². The van der Waals surface area contributed by atoms with E-state index in [4.69, 9.17) is 10.5 Å². The third-order valence-electron chi connectivity index (χ3n) is 6.14. The summed E-state index contributed by atoms with van der Waals surface area (Å²) in [5.41, 5.74) is 11.7. The topological polar surface area (TPSA) is 64.3 Å². The molecule has 0 amide bonds. The Morgan fingerprint density at radius 1 is 1.15 bits per heavy atom. The molecule has 1 aliphatic carbocycles. The van der Waals surface area contributed by atoms with E-state index in [-0.39, 0.29) is 12.2 Å². The third-order valence-corrected chi connectivity index (χ3v) is 6.14. The molecule has 1 aliphatic rings. The van der Waals surface area contributed by atoms with Gasteiger partial charge in [-0.05, 0) is 84.0 Å². The maximum Gasteiger partial charge on any atom is 0.160 e. The molecular formula is C28H29FN2O2. The number of ether oxygens (including phenoxy) is 1. The number of rotatable bonds is 9. The Kier molecular flexibility index (Phi) is 7.20. The summed E-state index contributed by atoms with van der Waals surface area (Å²) in [7, 11) is 1.68. The molecule has 3 aromatic carbocycles. The van der Waals surface area contributed by atoms with Gasteiger partial charge in [0.05, 0.1) is 7.11 Å². The number of nitrogen functional groups attached to an aromatic ring is 1. The number of carbonyl (C=O) groups is 1. The van der Waals surface area contributed by atoms with Crippen LogP contribution in [0.25, 0.3) is 6.08 Å². The summed E-state index contributed by atoms with van der Waals surface area (Å²) < 4.78 is 18.4. The first-order valence-electron chi connectivity index (χ1n) is 11.3. The number of hydrogen-bond acceptors (Lipinski definition) is 4. The second kappa shape index (κ2) is 10.5. The van der Waals surface area contributed by atoms with Crippen LogP contribution in [0.4, 0.5) is 10.1 Å². The van der Waals surface area contributed by atoms with Gasteiger partial charge in [-0.2, -0.15) is 0 Å². The molecule has 3 N–H and O–H groups in total. The largest absolute Gasteiger partial charge is 0.497 e. The number of nitrogens with two attached hydrogens (primary N) is 1. The van der Waals surface area contributed by atoms with E-state index in [9.17, 15) is 9.18 Å². The molecule has 5 heteroatoms. The lowest BCUT2D eigenvalue weighted by atomic mass is 10.0. The number of anilines is 1. The monoisotopic (exact) mass is 444 g/mol. The average Bonchev–Trinajstić information content (AvgIpc) is 3.22. The standard InChI is InChI=1S/C28H29FN2O2/c1-33-25-10-3-19(4-11-25)14-15-31-28-13-7-21-16-20(5-12-26(21)28)2-9-24(32)17-22-6-8-23(29)18-27(22)30/h2-6,8-12,16,18,28,31H,7,13-15,17,30H2,1H3/b9-2+. The highest BCUT2D eigenvalue weighted by atomic mass is 19.1. The van der Waals surface area contributed by atoms with Gasteiger partial charge in [0.15, 0.2) is 5.78 Å². The van der Waals surface area contributed by atoms with Crippen LogP contribution in [0, 0.1) is 5.82 Å². The van der Waals surface area contributed by atoms with Crippen molar-refractivity contribution in [3.63, 3.8) is 0 Å². The summed E-state index contributed by atoms with van der Waals surface area (Å²) in [6.07, 6.45) is 6.65. The number of fused-ring (bicyclic) bond motifs is 1. The summed E-state index contributed by atoms with van der Waals surface area (Å²) in [6, 6.07) is 19.1. The van der Waals surface area contributed by atoms with Crippen LogP contribution in [0.5, 0.6) is 5.75 Å². The molecule has 1 atom stereocenters. The minimum absolute atomic E-state index is 0.0631. The molecule has 0 heterocycles.